The molecule has 0 unspecified atom stereocenters. The maximum Gasteiger partial charge on any atom is 0.274 e. The molecule has 0 aliphatic heterocycles. The minimum absolute atomic E-state index is 0.0460. The normalized spacial score (nSPS) is 10.5. The van der Waals surface area contributed by atoms with Crippen molar-refractivity contribution in [2.75, 3.05) is 10.6 Å². The minimum atomic E-state index is -0.489. The molecule has 0 spiro atoms. The zero-order valence-corrected chi connectivity index (χ0v) is 13.8. The minimum Gasteiger partial charge on any atom is -0.326 e. The maximum absolute atomic E-state index is 11.9. The van der Waals surface area contributed by atoms with Crippen LogP contribution in [0.25, 0.3) is 6.08 Å². The van der Waals surface area contributed by atoms with Crippen molar-refractivity contribution < 1.29 is 14.5 Å². The zero-order valence-electron chi connectivity index (χ0n) is 13.8. The van der Waals surface area contributed by atoms with Crippen LogP contribution < -0.4 is 10.6 Å². The third-order valence-corrected chi connectivity index (χ3v) is 3.33. The Balaban J connectivity index is 2.02. The van der Waals surface area contributed by atoms with Crippen LogP contribution >= 0.6 is 0 Å². The van der Waals surface area contributed by atoms with E-state index in [9.17, 15) is 19.7 Å². The first-order valence-corrected chi connectivity index (χ1v) is 7.47. The third-order valence-electron chi connectivity index (χ3n) is 3.33. The zero-order chi connectivity index (χ0) is 18.4. The molecule has 0 saturated heterocycles. The lowest BCUT2D eigenvalue weighted by atomic mass is 10.1. The summed E-state index contributed by atoms with van der Waals surface area (Å²) in [5, 5.41) is 16.2. The molecule has 0 aliphatic rings. The second-order valence-electron chi connectivity index (χ2n) is 5.38. The summed E-state index contributed by atoms with van der Waals surface area (Å²) < 4.78 is 0. The Morgan fingerprint density at radius 1 is 1.04 bits per heavy atom. The first kappa shape index (κ1) is 17.9. The van der Waals surface area contributed by atoms with Gasteiger partial charge in [-0.1, -0.05) is 18.2 Å². The predicted octanol–water partition coefficient (Wildman–Crippen LogP) is 3.51. The number of hydrogen-bond acceptors (Lipinski definition) is 4. The number of amides is 2. The number of carbonyl (C=O) groups excluding carboxylic acids is 2. The van der Waals surface area contributed by atoms with Gasteiger partial charge in [0.15, 0.2) is 0 Å². The molecule has 2 N–H and O–H groups in total. The first-order chi connectivity index (χ1) is 11.8. The lowest BCUT2D eigenvalue weighted by Crippen LogP contribution is -2.08. The molecule has 0 fully saturated rings. The van der Waals surface area contributed by atoms with Gasteiger partial charge in [-0.25, -0.2) is 0 Å². The fraction of sp³-hybridized carbons (Fsp3) is 0.111. The van der Waals surface area contributed by atoms with Gasteiger partial charge in [0.25, 0.3) is 5.69 Å². The fourth-order valence-electron chi connectivity index (χ4n) is 2.12. The number of nitrogens with zero attached hydrogens (tertiary/aromatic N) is 1. The van der Waals surface area contributed by atoms with Gasteiger partial charge in [0.05, 0.1) is 4.92 Å². The molecule has 25 heavy (non-hydrogen) atoms. The van der Waals surface area contributed by atoms with E-state index < -0.39 is 10.8 Å². The van der Waals surface area contributed by atoms with E-state index in [0.29, 0.717) is 16.9 Å². The van der Waals surface area contributed by atoms with Crippen LogP contribution in [-0.4, -0.2) is 16.7 Å². The summed E-state index contributed by atoms with van der Waals surface area (Å²) in [6.45, 7) is 3.06. The summed E-state index contributed by atoms with van der Waals surface area (Å²) in [5.74, 6) is -0.557. The molecule has 7 nitrogen and oxygen atoms in total. The number of nitrogens with one attached hydrogen (secondary N) is 2. The molecule has 2 amide bonds. The topological polar surface area (TPSA) is 101 Å². The molecule has 0 saturated carbocycles. The van der Waals surface area contributed by atoms with Gasteiger partial charge in [0.1, 0.15) is 0 Å². The lowest BCUT2D eigenvalue weighted by molar-refractivity contribution is -0.385. The van der Waals surface area contributed by atoms with Crippen molar-refractivity contribution in [3.05, 3.63) is 69.8 Å². The molecule has 128 valence electrons. The highest BCUT2D eigenvalue weighted by Crippen LogP contribution is 2.22. The number of carbonyl (C=O) groups is 2. The number of aryl methyl sites for hydroxylation is 1. The Morgan fingerprint density at radius 3 is 2.28 bits per heavy atom. The molecular weight excluding hydrogens is 322 g/mol. The van der Waals surface area contributed by atoms with Crippen LogP contribution in [0.15, 0.2) is 48.5 Å². The van der Waals surface area contributed by atoms with Crippen LogP contribution in [-0.2, 0) is 9.59 Å². The second-order valence-corrected chi connectivity index (χ2v) is 5.38. The molecule has 0 bridgehead atoms. The van der Waals surface area contributed by atoms with Crippen molar-refractivity contribution >= 4 is 35.0 Å². The standard InChI is InChI=1S/C18H17N3O4/c1-12-3-7-16(11-17(12)21(24)25)20-18(23)10-6-14-4-8-15(9-5-14)19-13(2)22/h3-11H,1-2H3,(H,19,22)(H,20,23)/b10-6+. The van der Waals surface area contributed by atoms with Crippen molar-refractivity contribution in [2.45, 2.75) is 13.8 Å². The predicted molar refractivity (Wildman–Crippen MR) is 96.2 cm³/mol. The summed E-state index contributed by atoms with van der Waals surface area (Å²) in [6, 6.07) is 11.5. The van der Waals surface area contributed by atoms with Crippen molar-refractivity contribution in [1.82, 2.24) is 0 Å². The number of hydrogen-bond donors (Lipinski definition) is 2. The van der Waals surface area contributed by atoms with Crippen molar-refractivity contribution in [3.63, 3.8) is 0 Å². The van der Waals surface area contributed by atoms with E-state index in [0.717, 1.165) is 5.56 Å². The quantitative estimate of drug-likeness (QED) is 0.494. The average Bonchev–Trinajstić information content (AvgIpc) is 2.55. The van der Waals surface area contributed by atoms with Crippen LogP contribution in [0.2, 0.25) is 0 Å². The summed E-state index contributed by atoms with van der Waals surface area (Å²) >= 11 is 0. The number of nitro groups is 1. The Bertz CT molecular complexity index is 842. The molecular formula is C18H17N3O4. The van der Waals surface area contributed by atoms with Gasteiger partial charge in [-0.15, -0.1) is 0 Å². The van der Waals surface area contributed by atoms with Crippen LogP contribution in [0, 0.1) is 17.0 Å². The molecule has 2 aromatic rings. The van der Waals surface area contributed by atoms with E-state index in [1.165, 1.54) is 19.1 Å². The van der Waals surface area contributed by atoms with Gasteiger partial charge < -0.3 is 10.6 Å². The summed E-state index contributed by atoms with van der Waals surface area (Å²) in [6.07, 6.45) is 2.94. The molecule has 0 aromatic heterocycles. The Kier molecular flexibility index (Phi) is 5.62. The molecule has 0 radical (unpaired) electrons. The van der Waals surface area contributed by atoms with Gasteiger partial charge in [-0.05, 0) is 36.8 Å². The van der Waals surface area contributed by atoms with Crippen molar-refractivity contribution in [2.24, 2.45) is 0 Å². The first-order valence-electron chi connectivity index (χ1n) is 7.47. The van der Waals surface area contributed by atoms with Gasteiger partial charge in [0.2, 0.25) is 11.8 Å². The van der Waals surface area contributed by atoms with Crippen LogP contribution in [0.5, 0.6) is 0 Å². The van der Waals surface area contributed by atoms with Crippen LogP contribution in [0.3, 0.4) is 0 Å². The third kappa shape index (κ3) is 5.28. The van der Waals surface area contributed by atoms with E-state index >= 15 is 0 Å². The average molecular weight is 339 g/mol. The maximum atomic E-state index is 11.9. The molecule has 2 rings (SSSR count). The summed E-state index contributed by atoms with van der Waals surface area (Å²) in [5.41, 5.74) is 2.28. The van der Waals surface area contributed by atoms with Gasteiger partial charge in [0, 0.05) is 36.0 Å². The molecule has 2 aromatic carbocycles. The Morgan fingerprint density at radius 2 is 1.68 bits per heavy atom. The number of anilines is 2. The van der Waals surface area contributed by atoms with Gasteiger partial charge >= 0.3 is 0 Å². The highest BCUT2D eigenvalue weighted by Gasteiger charge is 2.11. The molecule has 0 aliphatic carbocycles. The Hall–Kier alpha value is -3.48. The lowest BCUT2D eigenvalue weighted by Gasteiger charge is -2.04. The van der Waals surface area contributed by atoms with E-state index in [1.54, 1.807) is 49.4 Å². The highest BCUT2D eigenvalue weighted by molar-refractivity contribution is 6.02. The molecule has 0 atom stereocenters. The van der Waals surface area contributed by atoms with E-state index in [-0.39, 0.29) is 11.6 Å². The molecule has 0 heterocycles. The van der Waals surface area contributed by atoms with Gasteiger partial charge in [-0.2, -0.15) is 0 Å². The Labute approximate surface area is 144 Å². The molecule has 7 heteroatoms. The number of benzene rings is 2. The highest BCUT2D eigenvalue weighted by atomic mass is 16.6. The van der Waals surface area contributed by atoms with Crippen molar-refractivity contribution in [1.29, 1.82) is 0 Å². The van der Waals surface area contributed by atoms with Crippen LogP contribution in [0.1, 0.15) is 18.1 Å². The van der Waals surface area contributed by atoms with E-state index in [1.807, 2.05) is 0 Å². The SMILES string of the molecule is CC(=O)Nc1ccc(/C=C/C(=O)Nc2ccc(C)c([N+](=O)[O-])c2)cc1. The summed E-state index contributed by atoms with van der Waals surface area (Å²) in [7, 11) is 0. The summed E-state index contributed by atoms with van der Waals surface area (Å²) in [4.78, 5) is 33.3. The number of rotatable bonds is 5. The van der Waals surface area contributed by atoms with E-state index in [2.05, 4.69) is 10.6 Å². The fourth-order valence-corrected chi connectivity index (χ4v) is 2.12. The largest absolute Gasteiger partial charge is 0.326 e. The second kappa shape index (κ2) is 7.87. The van der Waals surface area contributed by atoms with Crippen LogP contribution in [0.4, 0.5) is 17.1 Å². The van der Waals surface area contributed by atoms with Gasteiger partial charge in [-0.3, -0.25) is 19.7 Å². The number of nitro benzene ring substituents is 1. The van der Waals surface area contributed by atoms with Crippen molar-refractivity contribution in [3.8, 4) is 0 Å². The monoisotopic (exact) mass is 339 g/mol. The van der Waals surface area contributed by atoms with E-state index in [4.69, 9.17) is 0 Å². The smallest absolute Gasteiger partial charge is 0.274 e.